The number of nitrogens with zero attached hydrogens (tertiary/aromatic N) is 1. The van der Waals surface area contributed by atoms with E-state index in [2.05, 4.69) is 62.2 Å². The molecule has 1 fully saturated rings. The minimum Gasteiger partial charge on any atom is -0.370 e. The van der Waals surface area contributed by atoms with Crippen molar-refractivity contribution in [1.29, 1.82) is 0 Å². The van der Waals surface area contributed by atoms with Crippen LogP contribution in [0.5, 0.6) is 0 Å². The zero-order chi connectivity index (χ0) is 33.2. The van der Waals surface area contributed by atoms with E-state index in [0.29, 0.717) is 44.9 Å². The van der Waals surface area contributed by atoms with Gasteiger partial charge in [0.05, 0.1) is 38.0 Å². The van der Waals surface area contributed by atoms with Crippen LogP contribution in [0, 0.1) is 17.0 Å². The monoisotopic (exact) mass is 642 g/mol. The minimum atomic E-state index is -0.593. The Morgan fingerprint density at radius 2 is 1.32 bits per heavy atom. The molecule has 0 spiro atoms. The third-order valence-corrected chi connectivity index (χ3v) is 8.36. The molecule has 4 aromatic carbocycles. The Morgan fingerprint density at radius 3 is 1.83 bits per heavy atom. The first-order valence-corrected chi connectivity index (χ1v) is 16.5. The van der Waals surface area contributed by atoms with Gasteiger partial charge >= 0.3 is 0 Å². The van der Waals surface area contributed by atoms with Gasteiger partial charge in [0.25, 0.3) is 0 Å². The second-order valence-corrected chi connectivity index (χ2v) is 13.8. The number of halogens is 2. The molecule has 0 radical (unpaired) electrons. The molecule has 1 heterocycles. The molecule has 0 aliphatic carbocycles. The molecule has 0 bridgehead atoms. The second kappa shape index (κ2) is 16.6. The van der Waals surface area contributed by atoms with Crippen LogP contribution in [-0.4, -0.2) is 48.6 Å². The van der Waals surface area contributed by atoms with Crippen molar-refractivity contribution < 1.29 is 23.0 Å². The van der Waals surface area contributed by atoms with Crippen molar-refractivity contribution in [3.63, 3.8) is 0 Å². The van der Waals surface area contributed by atoms with Gasteiger partial charge in [-0.15, -0.1) is 0 Å². The van der Waals surface area contributed by atoms with Gasteiger partial charge in [0.1, 0.15) is 11.6 Å². The molecule has 1 aliphatic rings. The van der Waals surface area contributed by atoms with E-state index >= 15 is 0 Å². The molecule has 0 unspecified atom stereocenters. The van der Waals surface area contributed by atoms with Crippen LogP contribution in [0.15, 0.2) is 109 Å². The number of ether oxygens (including phenoxy) is 3. The fourth-order valence-electron chi connectivity index (χ4n) is 6.13. The van der Waals surface area contributed by atoms with Crippen LogP contribution in [0.4, 0.5) is 8.78 Å². The normalized spacial score (nSPS) is 19.9. The lowest BCUT2D eigenvalue weighted by atomic mass is 9.92. The Bertz CT molecular complexity index is 1440. The quantitative estimate of drug-likeness (QED) is 0.151. The van der Waals surface area contributed by atoms with Crippen LogP contribution in [0.1, 0.15) is 49.9 Å². The van der Waals surface area contributed by atoms with Crippen LogP contribution >= 0.6 is 0 Å². The molecule has 7 heteroatoms. The highest BCUT2D eigenvalue weighted by molar-refractivity contribution is 5.22. The highest BCUT2D eigenvalue weighted by Crippen LogP contribution is 2.27. The summed E-state index contributed by atoms with van der Waals surface area (Å²) in [5.74, 6) is -1.19. The lowest BCUT2D eigenvalue weighted by Crippen LogP contribution is -2.63. The maximum absolute atomic E-state index is 14.6. The smallest absolute Gasteiger partial charge is 0.172 e. The van der Waals surface area contributed by atoms with E-state index < -0.39 is 24.0 Å². The average molecular weight is 643 g/mol. The maximum atomic E-state index is 14.6. The van der Waals surface area contributed by atoms with Crippen molar-refractivity contribution in [2.75, 3.05) is 13.2 Å². The first-order chi connectivity index (χ1) is 22.6. The average Bonchev–Trinajstić information content (AvgIpc) is 3.04. The molecule has 5 rings (SSSR count). The fourth-order valence-corrected chi connectivity index (χ4v) is 6.13. The molecule has 0 saturated carbocycles. The van der Waals surface area contributed by atoms with Crippen molar-refractivity contribution in [1.82, 2.24) is 10.2 Å². The lowest BCUT2D eigenvalue weighted by molar-refractivity contribution is -0.206. The fraction of sp³-hybridized carbons (Fsp3) is 0.400. The topological polar surface area (TPSA) is 43.0 Å². The standard InChI is InChI=1S/C40H48F2N2O3/c1-29-39(47-28-40(2,3)4)46-27-36(43-29)38(45-26-32-18-12-7-13-19-32)37(22-33-20-34(41)23-35(42)21-33)44(24-30-14-8-5-9-15-30)25-31-16-10-6-11-17-31/h5-21,23,29,36-39,43H,22,24-28H2,1-4H3/t29-,36+,37-,38+,39+/m0/s1. The predicted molar refractivity (Wildman–Crippen MR) is 183 cm³/mol. The van der Waals surface area contributed by atoms with Gasteiger partial charge in [0.15, 0.2) is 6.29 Å². The van der Waals surface area contributed by atoms with Crippen LogP contribution in [0.2, 0.25) is 0 Å². The van der Waals surface area contributed by atoms with Crippen molar-refractivity contribution in [3.8, 4) is 0 Å². The summed E-state index contributed by atoms with van der Waals surface area (Å²) in [5, 5.41) is 3.76. The molecule has 47 heavy (non-hydrogen) atoms. The highest BCUT2D eigenvalue weighted by atomic mass is 19.1. The number of nitrogens with one attached hydrogen (secondary N) is 1. The van der Waals surface area contributed by atoms with Gasteiger partial charge in [-0.05, 0) is 53.1 Å². The van der Waals surface area contributed by atoms with E-state index in [1.54, 1.807) is 0 Å². The molecule has 4 aromatic rings. The van der Waals surface area contributed by atoms with Crippen molar-refractivity contribution in [3.05, 3.63) is 143 Å². The molecule has 5 atom stereocenters. The van der Waals surface area contributed by atoms with E-state index in [1.165, 1.54) is 12.1 Å². The van der Waals surface area contributed by atoms with Gasteiger partial charge < -0.3 is 19.5 Å². The Kier molecular flexibility index (Phi) is 12.3. The molecular formula is C40H48F2N2O3. The van der Waals surface area contributed by atoms with Crippen LogP contribution in [0.25, 0.3) is 0 Å². The Balaban J connectivity index is 1.53. The zero-order valence-corrected chi connectivity index (χ0v) is 27.9. The van der Waals surface area contributed by atoms with Gasteiger partial charge in [-0.25, -0.2) is 8.78 Å². The Morgan fingerprint density at radius 1 is 0.787 bits per heavy atom. The third kappa shape index (κ3) is 10.8. The van der Waals surface area contributed by atoms with Crippen LogP contribution < -0.4 is 5.32 Å². The largest absolute Gasteiger partial charge is 0.370 e. The summed E-state index contributed by atoms with van der Waals surface area (Å²) in [6.45, 7) is 11.0. The molecule has 5 nitrogen and oxygen atoms in total. The first-order valence-electron chi connectivity index (χ1n) is 16.5. The van der Waals surface area contributed by atoms with Crippen molar-refractivity contribution in [2.24, 2.45) is 5.41 Å². The summed E-state index contributed by atoms with van der Waals surface area (Å²) < 4.78 is 48.7. The lowest BCUT2D eigenvalue weighted by Gasteiger charge is -2.45. The van der Waals surface area contributed by atoms with E-state index in [0.717, 1.165) is 22.8 Å². The van der Waals surface area contributed by atoms with Crippen molar-refractivity contribution >= 4 is 0 Å². The van der Waals surface area contributed by atoms with Gasteiger partial charge in [-0.3, -0.25) is 4.90 Å². The number of morpholine rings is 1. The van der Waals surface area contributed by atoms with E-state index in [4.69, 9.17) is 14.2 Å². The number of benzene rings is 4. The summed E-state index contributed by atoms with van der Waals surface area (Å²) in [6.07, 6.45) is -0.453. The number of hydrogen-bond donors (Lipinski definition) is 1. The Labute approximate surface area is 278 Å². The SMILES string of the molecule is C[C@@H]1N[C@@H]([C@@H](OCc2ccccc2)[C@H](Cc2cc(F)cc(F)c2)N(Cc2ccccc2)Cc2ccccc2)CO[C@@H]1OCC(C)(C)C. The number of rotatable bonds is 14. The highest BCUT2D eigenvalue weighted by Gasteiger charge is 2.40. The summed E-state index contributed by atoms with van der Waals surface area (Å²) in [4.78, 5) is 2.37. The van der Waals surface area contributed by atoms with E-state index in [9.17, 15) is 8.78 Å². The molecule has 250 valence electrons. The van der Waals surface area contributed by atoms with Gasteiger partial charge in [-0.2, -0.15) is 0 Å². The second-order valence-electron chi connectivity index (χ2n) is 13.8. The number of hydrogen-bond acceptors (Lipinski definition) is 5. The van der Waals surface area contributed by atoms with Gasteiger partial charge in [0.2, 0.25) is 0 Å². The van der Waals surface area contributed by atoms with Crippen LogP contribution in [0.3, 0.4) is 0 Å². The molecule has 1 aliphatic heterocycles. The van der Waals surface area contributed by atoms with E-state index in [-0.39, 0.29) is 23.5 Å². The summed E-state index contributed by atoms with van der Waals surface area (Å²) in [5.41, 5.74) is 3.89. The summed E-state index contributed by atoms with van der Waals surface area (Å²) >= 11 is 0. The summed E-state index contributed by atoms with van der Waals surface area (Å²) in [7, 11) is 0. The van der Waals surface area contributed by atoms with Crippen molar-refractivity contribution in [2.45, 2.75) is 84.3 Å². The molecule has 0 aromatic heterocycles. The molecule has 1 saturated heterocycles. The maximum Gasteiger partial charge on any atom is 0.172 e. The molecular weight excluding hydrogens is 594 g/mol. The van der Waals surface area contributed by atoms with Gasteiger partial charge in [0, 0.05) is 25.2 Å². The zero-order valence-electron chi connectivity index (χ0n) is 27.9. The minimum absolute atomic E-state index is 0.00195. The first kappa shape index (κ1) is 34.9. The molecule has 1 N–H and O–H groups in total. The van der Waals surface area contributed by atoms with Crippen LogP contribution in [-0.2, 0) is 40.3 Å². The summed E-state index contributed by atoms with van der Waals surface area (Å²) in [6, 6.07) is 33.8. The Hall–Kier alpha value is -3.46. The molecule has 0 amide bonds. The van der Waals surface area contributed by atoms with Gasteiger partial charge in [-0.1, -0.05) is 112 Å². The third-order valence-electron chi connectivity index (χ3n) is 8.36. The predicted octanol–water partition coefficient (Wildman–Crippen LogP) is 7.93. The van der Waals surface area contributed by atoms with E-state index in [1.807, 2.05) is 66.7 Å².